The third-order valence-corrected chi connectivity index (χ3v) is 4.01. The van der Waals surface area contributed by atoms with Crippen molar-refractivity contribution in [2.24, 2.45) is 7.05 Å². The first-order chi connectivity index (χ1) is 10.3. The Balaban J connectivity index is 1.78. The fraction of sp³-hybridized carbons (Fsp3) is 0.545. The smallest absolute Gasteiger partial charge is 0.352 e. The van der Waals surface area contributed by atoms with Gasteiger partial charge in [-0.25, -0.2) is 14.5 Å². The number of nitrogens with zero attached hydrogens (tertiary/aromatic N) is 4. The van der Waals surface area contributed by atoms with Crippen LogP contribution in [0.25, 0.3) is 11.2 Å². The third kappa shape index (κ3) is 2.96. The van der Waals surface area contributed by atoms with Crippen LogP contribution < -0.4 is 5.49 Å². The van der Waals surface area contributed by atoms with Gasteiger partial charge in [0.25, 0.3) is 0 Å². The first-order valence-electron chi connectivity index (χ1n) is 6.63. The molecule has 3 heterocycles. The predicted octanol–water partition coefficient (Wildman–Crippen LogP) is 0.0362. The Labute approximate surface area is 125 Å². The lowest BCUT2D eigenvalue weighted by atomic mass is 10.2. The Morgan fingerprint density at radius 1 is 1.45 bits per heavy atom. The molecule has 1 aliphatic heterocycles. The van der Waals surface area contributed by atoms with E-state index in [9.17, 15) is 4.57 Å². The Kier molecular flexibility index (Phi) is 3.87. The van der Waals surface area contributed by atoms with E-state index in [1.807, 2.05) is 0 Å². The van der Waals surface area contributed by atoms with Gasteiger partial charge in [0.1, 0.15) is 11.7 Å². The van der Waals surface area contributed by atoms with Crippen molar-refractivity contribution in [2.45, 2.75) is 25.2 Å². The molecule has 0 radical (unpaired) electrons. The Bertz CT molecular complexity index is 796. The molecule has 0 spiro atoms. The van der Waals surface area contributed by atoms with Gasteiger partial charge in [0.05, 0.1) is 25.4 Å². The molecule has 10 nitrogen and oxygen atoms in total. The molecule has 0 aliphatic carbocycles. The van der Waals surface area contributed by atoms with E-state index in [-0.39, 0.29) is 18.3 Å². The average Bonchev–Trinajstić information content (AvgIpc) is 3.06. The van der Waals surface area contributed by atoms with Crippen molar-refractivity contribution < 1.29 is 23.6 Å². The highest BCUT2D eigenvalue weighted by molar-refractivity contribution is 7.46. The van der Waals surface area contributed by atoms with Crippen molar-refractivity contribution >= 4 is 19.0 Å². The molecular weight excluding hydrogens is 313 g/mol. The van der Waals surface area contributed by atoms with Crippen LogP contribution in [0.5, 0.6) is 0 Å². The second-order valence-electron chi connectivity index (χ2n) is 5.10. The zero-order valence-electron chi connectivity index (χ0n) is 11.8. The van der Waals surface area contributed by atoms with E-state index in [0.29, 0.717) is 24.0 Å². The lowest BCUT2D eigenvalue weighted by Crippen LogP contribution is -2.19. The number of hydrogen-bond acceptors (Lipinski definition) is 6. The molecule has 1 aliphatic rings. The Morgan fingerprint density at radius 3 is 2.95 bits per heavy atom. The first-order valence-corrected chi connectivity index (χ1v) is 8.16. The molecule has 0 amide bonds. The summed E-state index contributed by atoms with van der Waals surface area (Å²) in [6.07, 6.45) is 3.62. The molecule has 22 heavy (non-hydrogen) atoms. The summed E-state index contributed by atoms with van der Waals surface area (Å²) in [7, 11) is -2.77. The summed E-state index contributed by atoms with van der Waals surface area (Å²) in [5.74, 6) is 0. The Morgan fingerprint density at radius 2 is 2.23 bits per heavy atom. The minimum Gasteiger partial charge on any atom is -0.352 e. The van der Waals surface area contributed by atoms with Crippen LogP contribution in [0.2, 0.25) is 0 Å². The molecule has 0 unspecified atom stereocenters. The predicted molar refractivity (Wildman–Crippen MR) is 73.5 cm³/mol. The number of rotatable bonds is 4. The summed E-state index contributed by atoms with van der Waals surface area (Å²) in [4.78, 5) is 25.9. The minimum atomic E-state index is -4.49. The van der Waals surface area contributed by atoms with Crippen molar-refractivity contribution in [3.63, 3.8) is 0 Å². The SMILES string of the molecule is Cn1cnc2c(ncn2[C@H]2CC[C@@H](COP(=O)(O)O)O2)c1=N. The molecule has 2 atom stereocenters. The number of phosphoric acid groups is 1. The molecule has 1 fully saturated rings. The van der Waals surface area contributed by atoms with Gasteiger partial charge in [-0.1, -0.05) is 0 Å². The largest absolute Gasteiger partial charge is 0.469 e. The van der Waals surface area contributed by atoms with Crippen molar-refractivity contribution in [3.8, 4) is 0 Å². The second kappa shape index (κ2) is 5.56. The van der Waals surface area contributed by atoms with E-state index >= 15 is 0 Å². The number of ether oxygens (including phenoxy) is 1. The zero-order valence-corrected chi connectivity index (χ0v) is 12.7. The van der Waals surface area contributed by atoms with Gasteiger partial charge < -0.3 is 19.1 Å². The standard InChI is InChI=1S/C11H16N5O5P/c1-15-5-14-11-9(10(15)12)13-6-16(11)8-3-2-7(21-8)4-20-22(17,18)19/h5-8,12H,2-4H2,1H3,(H2,17,18,19)/t7-,8+/m0/s1. The number of aryl methyl sites for hydroxylation is 1. The molecule has 3 rings (SSSR count). The van der Waals surface area contributed by atoms with E-state index in [4.69, 9.17) is 19.9 Å². The molecule has 0 aromatic carbocycles. The quantitative estimate of drug-likeness (QED) is 0.674. The van der Waals surface area contributed by atoms with E-state index in [1.165, 1.54) is 6.33 Å². The number of aromatic nitrogens is 4. The van der Waals surface area contributed by atoms with Crippen molar-refractivity contribution in [1.82, 2.24) is 19.1 Å². The second-order valence-corrected chi connectivity index (χ2v) is 6.34. The number of nitrogens with one attached hydrogen (secondary N) is 1. The van der Waals surface area contributed by atoms with Gasteiger partial charge in [-0.15, -0.1) is 0 Å². The van der Waals surface area contributed by atoms with Gasteiger partial charge in [0.2, 0.25) is 0 Å². The van der Waals surface area contributed by atoms with E-state index in [1.54, 1.807) is 22.5 Å². The van der Waals surface area contributed by atoms with Gasteiger partial charge in [0, 0.05) is 7.05 Å². The maximum atomic E-state index is 10.7. The normalized spacial score (nSPS) is 22.5. The molecule has 2 aromatic heterocycles. The zero-order chi connectivity index (χ0) is 15.9. The monoisotopic (exact) mass is 329 g/mol. The Hall–Kier alpha value is -1.58. The molecule has 3 N–H and O–H groups in total. The van der Waals surface area contributed by atoms with E-state index in [2.05, 4.69) is 14.5 Å². The summed E-state index contributed by atoms with van der Waals surface area (Å²) in [6.45, 7) is -0.167. The average molecular weight is 329 g/mol. The highest BCUT2D eigenvalue weighted by Gasteiger charge is 2.30. The third-order valence-electron chi connectivity index (χ3n) is 3.52. The van der Waals surface area contributed by atoms with Gasteiger partial charge in [-0.05, 0) is 12.8 Å². The molecule has 0 saturated carbocycles. The summed E-state index contributed by atoms with van der Waals surface area (Å²) < 4.78 is 24.2. The van der Waals surface area contributed by atoms with Crippen LogP contribution in [0.15, 0.2) is 12.7 Å². The van der Waals surface area contributed by atoms with Crippen LogP contribution in [-0.2, 0) is 20.9 Å². The van der Waals surface area contributed by atoms with E-state index in [0.717, 1.165) is 0 Å². The maximum Gasteiger partial charge on any atom is 0.469 e. The highest BCUT2D eigenvalue weighted by atomic mass is 31.2. The number of imidazole rings is 1. The fourth-order valence-corrected chi connectivity index (χ4v) is 2.78. The summed E-state index contributed by atoms with van der Waals surface area (Å²) in [5, 5.41) is 7.95. The lowest BCUT2D eigenvalue weighted by molar-refractivity contribution is -0.0205. The van der Waals surface area contributed by atoms with Crippen LogP contribution in [0.3, 0.4) is 0 Å². The number of fused-ring (bicyclic) bond motifs is 1. The van der Waals surface area contributed by atoms with Gasteiger partial charge in [-0.3, -0.25) is 14.5 Å². The molecule has 1 saturated heterocycles. The van der Waals surface area contributed by atoms with Gasteiger partial charge >= 0.3 is 7.82 Å². The molecular formula is C11H16N5O5P. The fourth-order valence-electron chi connectivity index (χ4n) is 2.42. The molecule has 11 heteroatoms. The van der Waals surface area contributed by atoms with Crippen LogP contribution in [-0.4, -0.2) is 41.6 Å². The summed E-state index contributed by atoms with van der Waals surface area (Å²) >= 11 is 0. The summed E-state index contributed by atoms with van der Waals surface area (Å²) in [5.41, 5.74) is 1.27. The molecule has 120 valence electrons. The first kappa shape index (κ1) is 15.3. The number of hydrogen-bond donors (Lipinski definition) is 3. The van der Waals surface area contributed by atoms with Crippen LogP contribution in [0, 0.1) is 5.41 Å². The van der Waals surface area contributed by atoms with Gasteiger partial charge in [0.15, 0.2) is 11.1 Å². The maximum absolute atomic E-state index is 10.7. The van der Waals surface area contributed by atoms with Crippen molar-refractivity contribution in [3.05, 3.63) is 18.1 Å². The minimum absolute atomic E-state index is 0.167. The highest BCUT2D eigenvalue weighted by Crippen LogP contribution is 2.38. The number of phosphoric ester groups is 1. The molecule has 2 aromatic rings. The van der Waals surface area contributed by atoms with E-state index < -0.39 is 13.9 Å². The topological polar surface area (TPSA) is 135 Å². The van der Waals surface area contributed by atoms with Crippen LogP contribution >= 0.6 is 7.82 Å². The molecule has 0 bridgehead atoms. The summed E-state index contributed by atoms with van der Waals surface area (Å²) in [6, 6.07) is 0. The van der Waals surface area contributed by atoms with Crippen molar-refractivity contribution in [1.29, 1.82) is 5.41 Å². The lowest BCUT2D eigenvalue weighted by Gasteiger charge is -2.15. The van der Waals surface area contributed by atoms with Gasteiger partial charge in [-0.2, -0.15) is 0 Å². The van der Waals surface area contributed by atoms with Crippen molar-refractivity contribution in [2.75, 3.05) is 6.61 Å². The van der Waals surface area contributed by atoms with Crippen LogP contribution in [0.1, 0.15) is 19.1 Å². The van der Waals surface area contributed by atoms with Crippen LogP contribution in [0.4, 0.5) is 0 Å².